The van der Waals surface area contributed by atoms with Crippen LogP contribution in [0.4, 0.5) is 4.39 Å². The van der Waals surface area contributed by atoms with E-state index in [9.17, 15) is 9.18 Å². The SMILES string of the molecule is CC(Oc1ccc2ccccc2c1)C(=O)NC(CCN(C)C)c1ccc(F)cc1. The predicted octanol–water partition coefficient (Wildman–Crippen LogP) is 4.56. The number of amides is 1. The van der Waals surface area contributed by atoms with Crippen molar-refractivity contribution in [3.63, 3.8) is 0 Å². The van der Waals surface area contributed by atoms with Crippen LogP contribution in [0.15, 0.2) is 66.7 Å². The maximum absolute atomic E-state index is 13.3. The number of hydrogen-bond donors (Lipinski definition) is 1. The Morgan fingerprint density at radius 2 is 1.72 bits per heavy atom. The minimum atomic E-state index is -0.654. The molecule has 29 heavy (non-hydrogen) atoms. The molecule has 0 aliphatic heterocycles. The minimum Gasteiger partial charge on any atom is -0.481 e. The first-order chi connectivity index (χ1) is 13.9. The van der Waals surface area contributed by atoms with Gasteiger partial charge in [-0.15, -0.1) is 0 Å². The van der Waals surface area contributed by atoms with Crippen LogP contribution in [0.2, 0.25) is 0 Å². The van der Waals surface area contributed by atoms with Gasteiger partial charge in [-0.05, 0) is 74.6 Å². The van der Waals surface area contributed by atoms with Crippen molar-refractivity contribution >= 4 is 16.7 Å². The van der Waals surface area contributed by atoms with E-state index in [4.69, 9.17) is 4.74 Å². The Labute approximate surface area is 171 Å². The third kappa shape index (κ3) is 5.78. The molecule has 0 bridgehead atoms. The molecule has 2 atom stereocenters. The van der Waals surface area contributed by atoms with Crippen LogP contribution >= 0.6 is 0 Å². The highest BCUT2D eigenvalue weighted by Gasteiger charge is 2.20. The van der Waals surface area contributed by atoms with E-state index < -0.39 is 6.10 Å². The van der Waals surface area contributed by atoms with E-state index in [0.717, 1.165) is 22.9 Å². The molecule has 0 aliphatic rings. The third-order valence-corrected chi connectivity index (χ3v) is 4.86. The van der Waals surface area contributed by atoms with Crippen molar-refractivity contribution in [1.82, 2.24) is 10.2 Å². The van der Waals surface area contributed by atoms with Gasteiger partial charge in [0.05, 0.1) is 6.04 Å². The second-order valence-electron chi connectivity index (χ2n) is 7.47. The summed E-state index contributed by atoms with van der Waals surface area (Å²) in [7, 11) is 3.96. The van der Waals surface area contributed by atoms with Crippen LogP contribution < -0.4 is 10.1 Å². The lowest BCUT2D eigenvalue weighted by molar-refractivity contribution is -0.128. The zero-order chi connectivity index (χ0) is 20.8. The fraction of sp³-hybridized carbons (Fsp3) is 0.292. The first-order valence-electron chi connectivity index (χ1n) is 9.78. The fourth-order valence-electron chi connectivity index (χ4n) is 3.19. The van der Waals surface area contributed by atoms with Crippen molar-refractivity contribution in [2.45, 2.75) is 25.5 Å². The van der Waals surface area contributed by atoms with Crippen molar-refractivity contribution in [1.29, 1.82) is 0 Å². The Balaban J connectivity index is 1.68. The van der Waals surface area contributed by atoms with Gasteiger partial charge in [0.2, 0.25) is 0 Å². The van der Waals surface area contributed by atoms with Gasteiger partial charge in [-0.3, -0.25) is 4.79 Å². The molecule has 152 valence electrons. The van der Waals surface area contributed by atoms with Crippen LogP contribution in [-0.2, 0) is 4.79 Å². The molecule has 5 heteroatoms. The predicted molar refractivity (Wildman–Crippen MR) is 114 cm³/mol. The third-order valence-electron chi connectivity index (χ3n) is 4.86. The number of halogens is 1. The smallest absolute Gasteiger partial charge is 0.261 e. The summed E-state index contributed by atoms with van der Waals surface area (Å²) in [4.78, 5) is 14.8. The molecule has 3 aromatic rings. The van der Waals surface area contributed by atoms with E-state index in [2.05, 4.69) is 10.2 Å². The lowest BCUT2D eigenvalue weighted by Crippen LogP contribution is -2.39. The zero-order valence-electron chi connectivity index (χ0n) is 17.1. The number of hydrogen-bond acceptors (Lipinski definition) is 3. The van der Waals surface area contributed by atoms with Gasteiger partial charge in [0.15, 0.2) is 6.10 Å². The van der Waals surface area contributed by atoms with Crippen LogP contribution in [0, 0.1) is 5.82 Å². The molecule has 1 N–H and O–H groups in total. The highest BCUT2D eigenvalue weighted by Crippen LogP contribution is 2.22. The molecule has 0 aromatic heterocycles. The maximum atomic E-state index is 13.3. The number of rotatable bonds is 8. The molecule has 0 aliphatic carbocycles. The van der Waals surface area contributed by atoms with E-state index in [-0.39, 0.29) is 17.8 Å². The number of benzene rings is 3. The van der Waals surface area contributed by atoms with Crippen LogP contribution in [0.1, 0.15) is 24.9 Å². The Kier molecular flexibility index (Phi) is 6.83. The lowest BCUT2D eigenvalue weighted by Gasteiger charge is -2.23. The number of carbonyl (C=O) groups is 1. The lowest BCUT2D eigenvalue weighted by atomic mass is 10.0. The van der Waals surface area contributed by atoms with Gasteiger partial charge >= 0.3 is 0 Å². The van der Waals surface area contributed by atoms with E-state index in [0.29, 0.717) is 12.2 Å². The van der Waals surface area contributed by atoms with Crippen molar-refractivity contribution in [3.8, 4) is 5.75 Å². The molecule has 0 saturated carbocycles. The summed E-state index contributed by atoms with van der Waals surface area (Å²) in [5.74, 6) is 0.156. The molecule has 3 rings (SSSR count). The van der Waals surface area contributed by atoms with Gasteiger partial charge in [0, 0.05) is 0 Å². The van der Waals surface area contributed by atoms with Gasteiger partial charge in [0.1, 0.15) is 11.6 Å². The number of nitrogens with one attached hydrogen (secondary N) is 1. The van der Waals surface area contributed by atoms with Crippen LogP contribution in [0.3, 0.4) is 0 Å². The van der Waals surface area contributed by atoms with Crippen molar-refractivity contribution in [2.75, 3.05) is 20.6 Å². The van der Waals surface area contributed by atoms with E-state index >= 15 is 0 Å². The molecule has 0 spiro atoms. The average molecular weight is 394 g/mol. The Morgan fingerprint density at radius 1 is 1.03 bits per heavy atom. The second-order valence-corrected chi connectivity index (χ2v) is 7.47. The number of nitrogens with zero attached hydrogens (tertiary/aromatic N) is 1. The van der Waals surface area contributed by atoms with Crippen LogP contribution in [0.25, 0.3) is 10.8 Å². The first kappa shape index (κ1) is 20.8. The highest BCUT2D eigenvalue weighted by molar-refractivity contribution is 5.84. The summed E-state index contributed by atoms with van der Waals surface area (Å²) in [6, 6.07) is 19.8. The quantitative estimate of drug-likeness (QED) is 0.609. The molecule has 0 heterocycles. The summed E-state index contributed by atoms with van der Waals surface area (Å²) in [5, 5.41) is 5.24. The van der Waals surface area contributed by atoms with Gasteiger partial charge in [0.25, 0.3) is 5.91 Å². The van der Waals surface area contributed by atoms with Crippen molar-refractivity contribution in [3.05, 3.63) is 78.1 Å². The number of ether oxygens (including phenoxy) is 1. The molecular formula is C24H27FN2O2. The maximum Gasteiger partial charge on any atom is 0.261 e. The van der Waals surface area contributed by atoms with Gasteiger partial charge in [-0.1, -0.05) is 42.5 Å². The van der Waals surface area contributed by atoms with Crippen molar-refractivity contribution < 1.29 is 13.9 Å². The fourth-order valence-corrected chi connectivity index (χ4v) is 3.19. The topological polar surface area (TPSA) is 41.6 Å². The minimum absolute atomic E-state index is 0.203. The Bertz CT molecular complexity index is 957. The summed E-state index contributed by atoms with van der Waals surface area (Å²) in [6.45, 7) is 2.53. The van der Waals surface area contributed by atoms with E-state index in [1.165, 1.54) is 12.1 Å². The molecule has 1 amide bonds. The molecule has 2 unspecified atom stereocenters. The normalized spacial score (nSPS) is 13.3. The summed E-state index contributed by atoms with van der Waals surface area (Å²) >= 11 is 0. The molecular weight excluding hydrogens is 367 g/mol. The monoisotopic (exact) mass is 394 g/mol. The number of carbonyl (C=O) groups excluding carboxylic acids is 1. The molecule has 0 saturated heterocycles. The Hall–Kier alpha value is -2.92. The molecule has 3 aromatic carbocycles. The van der Waals surface area contributed by atoms with Crippen LogP contribution in [0.5, 0.6) is 5.75 Å². The standard InChI is InChI=1S/C24H27FN2O2/c1-17(29-22-13-10-18-6-4-5-7-20(18)16-22)24(28)26-23(14-15-27(2)3)19-8-11-21(25)12-9-19/h4-13,16-17,23H,14-15H2,1-3H3,(H,26,28). The summed E-state index contributed by atoms with van der Waals surface area (Å²) < 4.78 is 19.2. The molecule has 0 radical (unpaired) electrons. The zero-order valence-corrected chi connectivity index (χ0v) is 17.1. The van der Waals surface area contributed by atoms with Gasteiger partial charge < -0.3 is 15.0 Å². The van der Waals surface area contributed by atoms with E-state index in [1.807, 2.05) is 56.6 Å². The summed E-state index contributed by atoms with van der Waals surface area (Å²) in [5.41, 5.74) is 0.875. The van der Waals surface area contributed by atoms with Crippen molar-refractivity contribution in [2.24, 2.45) is 0 Å². The van der Waals surface area contributed by atoms with Gasteiger partial charge in [-0.2, -0.15) is 0 Å². The van der Waals surface area contributed by atoms with Crippen LogP contribution in [-0.4, -0.2) is 37.6 Å². The largest absolute Gasteiger partial charge is 0.481 e. The van der Waals surface area contributed by atoms with E-state index in [1.54, 1.807) is 19.1 Å². The average Bonchev–Trinajstić information content (AvgIpc) is 2.71. The molecule has 4 nitrogen and oxygen atoms in total. The first-order valence-corrected chi connectivity index (χ1v) is 9.78. The summed E-state index contributed by atoms with van der Waals surface area (Å²) in [6.07, 6.45) is 0.0611. The van der Waals surface area contributed by atoms with Gasteiger partial charge in [-0.25, -0.2) is 4.39 Å². The highest BCUT2D eigenvalue weighted by atomic mass is 19.1. The molecule has 0 fully saturated rings. The number of fused-ring (bicyclic) bond motifs is 1. The Morgan fingerprint density at radius 3 is 2.41 bits per heavy atom. The second kappa shape index (κ2) is 9.52.